The summed E-state index contributed by atoms with van der Waals surface area (Å²) in [7, 11) is 1.63. The number of ether oxygens (including phenoxy) is 3. The number of benzene rings is 2. The molecular weight excluding hydrogens is 423 g/mol. The minimum atomic E-state index is -0.863. The zero-order valence-corrected chi connectivity index (χ0v) is 17.3. The quantitative estimate of drug-likeness (QED) is 0.499. The zero-order chi connectivity index (χ0) is 21.6. The van der Waals surface area contributed by atoms with Crippen LogP contribution in [0.25, 0.3) is 0 Å². The van der Waals surface area contributed by atoms with Crippen molar-refractivity contribution in [1.82, 2.24) is 9.97 Å². The Morgan fingerprint density at radius 2 is 1.71 bits per heavy atom. The van der Waals surface area contributed by atoms with Gasteiger partial charge in [-0.05, 0) is 24.3 Å². The summed E-state index contributed by atoms with van der Waals surface area (Å²) >= 11 is 6.08. The third-order valence-electron chi connectivity index (χ3n) is 4.34. The molecule has 0 amide bonds. The number of nitrogens with zero attached hydrogens (tertiary/aromatic N) is 4. The number of halogens is 2. The van der Waals surface area contributed by atoms with Gasteiger partial charge >= 0.3 is 0 Å². The van der Waals surface area contributed by atoms with Crippen LogP contribution >= 0.6 is 11.6 Å². The van der Waals surface area contributed by atoms with E-state index in [-0.39, 0.29) is 17.5 Å². The van der Waals surface area contributed by atoms with Gasteiger partial charge in [0.05, 0.1) is 11.6 Å². The molecule has 0 bridgehead atoms. The normalized spacial score (nSPS) is 13.9. The van der Waals surface area contributed by atoms with E-state index in [1.165, 1.54) is 0 Å². The van der Waals surface area contributed by atoms with Gasteiger partial charge in [-0.3, -0.25) is 4.99 Å². The van der Waals surface area contributed by atoms with E-state index in [0.717, 1.165) is 12.7 Å². The van der Waals surface area contributed by atoms with Crippen LogP contribution in [0.15, 0.2) is 64.8 Å². The van der Waals surface area contributed by atoms with Crippen LogP contribution in [0.1, 0.15) is 12.0 Å². The number of para-hydroxylation sites is 2. The Morgan fingerprint density at radius 3 is 2.39 bits per heavy atom. The summed E-state index contributed by atoms with van der Waals surface area (Å²) in [6.07, 6.45) is 2.00. The standard InChI is InChI=1S/C22H18ClFN4O3/c1-25-19(22-26-11-6-12-29-22)14-7-2-4-9-16(14)30-20-18(24)21(28-13-27-20)31-17-10-5-3-8-15(17)23/h2-5,7-10,13H,6,11-12H2,1H3. The first-order chi connectivity index (χ1) is 15.2. The molecule has 0 unspecified atom stereocenters. The van der Waals surface area contributed by atoms with Gasteiger partial charge < -0.3 is 14.2 Å². The fourth-order valence-electron chi connectivity index (χ4n) is 2.90. The van der Waals surface area contributed by atoms with Crippen molar-refractivity contribution < 1.29 is 18.6 Å². The maximum atomic E-state index is 15.0. The van der Waals surface area contributed by atoms with Crippen molar-refractivity contribution in [2.45, 2.75) is 6.42 Å². The van der Waals surface area contributed by atoms with E-state index in [2.05, 4.69) is 20.0 Å². The second-order valence-electron chi connectivity index (χ2n) is 6.39. The second-order valence-corrected chi connectivity index (χ2v) is 6.80. The van der Waals surface area contributed by atoms with Gasteiger partial charge in [0.25, 0.3) is 11.8 Å². The molecule has 0 saturated carbocycles. The highest BCUT2D eigenvalue weighted by Gasteiger charge is 2.22. The minimum Gasteiger partial charge on any atom is -0.476 e. The molecule has 158 valence electrons. The smallest absolute Gasteiger partial charge is 0.263 e. The van der Waals surface area contributed by atoms with Gasteiger partial charge in [-0.25, -0.2) is 4.99 Å². The van der Waals surface area contributed by atoms with Crippen LogP contribution in [0.5, 0.6) is 23.3 Å². The van der Waals surface area contributed by atoms with Crippen LogP contribution in [-0.2, 0) is 4.74 Å². The van der Waals surface area contributed by atoms with Crippen molar-refractivity contribution in [2.24, 2.45) is 9.98 Å². The Balaban J connectivity index is 1.65. The van der Waals surface area contributed by atoms with Gasteiger partial charge in [0.15, 0.2) is 0 Å². The van der Waals surface area contributed by atoms with Crippen molar-refractivity contribution >= 4 is 23.2 Å². The average Bonchev–Trinajstić information content (AvgIpc) is 2.80. The molecule has 0 atom stereocenters. The molecule has 1 aliphatic rings. The number of rotatable bonds is 6. The fraction of sp³-hybridized carbons (Fsp3) is 0.182. The summed E-state index contributed by atoms with van der Waals surface area (Å²) in [6, 6.07) is 13.7. The number of aromatic nitrogens is 2. The van der Waals surface area contributed by atoms with Gasteiger partial charge in [0.2, 0.25) is 11.7 Å². The van der Waals surface area contributed by atoms with E-state index >= 15 is 4.39 Å². The summed E-state index contributed by atoms with van der Waals surface area (Å²) in [5, 5.41) is 0.324. The highest BCUT2D eigenvalue weighted by atomic mass is 35.5. The molecule has 1 aromatic heterocycles. The Labute approximate surface area is 183 Å². The number of hydrogen-bond acceptors (Lipinski definition) is 7. The van der Waals surface area contributed by atoms with Crippen LogP contribution in [0, 0.1) is 5.82 Å². The summed E-state index contributed by atoms with van der Waals surface area (Å²) in [5.74, 6) is -0.442. The highest BCUT2D eigenvalue weighted by molar-refractivity contribution is 6.46. The summed E-state index contributed by atoms with van der Waals surface area (Å²) in [4.78, 5) is 16.5. The number of aliphatic imine (C=N–C) groups is 2. The van der Waals surface area contributed by atoms with Gasteiger partial charge in [-0.15, -0.1) is 0 Å². The van der Waals surface area contributed by atoms with Crippen LogP contribution in [0.2, 0.25) is 5.02 Å². The SMILES string of the molecule is CN=C(C1=NCCCO1)c1ccccc1Oc1ncnc(Oc2ccccc2Cl)c1F. The van der Waals surface area contributed by atoms with E-state index in [1.807, 2.05) is 6.07 Å². The van der Waals surface area contributed by atoms with Crippen LogP contribution in [0.4, 0.5) is 4.39 Å². The zero-order valence-electron chi connectivity index (χ0n) is 16.6. The van der Waals surface area contributed by atoms with Crippen molar-refractivity contribution in [3.05, 3.63) is 71.3 Å². The second kappa shape index (κ2) is 9.53. The Bertz CT molecular complexity index is 1150. The van der Waals surface area contributed by atoms with Crippen LogP contribution in [-0.4, -0.2) is 41.8 Å². The molecule has 0 spiro atoms. The molecule has 2 heterocycles. The monoisotopic (exact) mass is 440 g/mol. The molecule has 0 N–H and O–H groups in total. The molecule has 7 nitrogen and oxygen atoms in total. The van der Waals surface area contributed by atoms with Crippen molar-refractivity contribution in [1.29, 1.82) is 0 Å². The Morgan fingerprint density at radius 1 is 1.03 bits per heavy atom. The first-order valence-corrected chi connectivity index (χ1v) is 9.89. The van der Waals surface area contributed by atoms with Gasteiger partial charge in [0.1, 0.15) is 23.5 Å². The Hall–Kier alpha value is -3.52. The van der Waals surface area contributed by atoms with E-state index in [9.17, 15) is 0 Å². The number of hydrogen-bond donors (Lipinski definition) is 0. The lowest BCUT2D eigenvalue weighted by Gasteiger charge is -2.17. The summed E-state index contributed by atoms with van der Waals surface area (Å²) in [5.41, 5.74) is 1.11. The molecule has 0 fully saturated rings. The predicted octanol–water partition coefficient (Wildman–Crippen LogP) is 5.09. The summed E-state index contributed by atoms with van der Waals surface area (Å²) < 4.78 is 32.0. The molecule has 1 aliphatic heterocycles. The van der Waals surface area contributed by atoms with Gasteiger partial charge in [-0.2, -0.15) is 14.4 Å². The molecule has 9 heteroatoms. The third-order valence-corrected chi connectivity index (χ3v) is 4.65. The fourth-order valence-corrected chi connectivity index (χ4v) is 3.08. The Kier molecular flexibility index (Phi) is 6.37. The average molecular weight is 441 g/mol. The molecular formula is C22H18ClFN4O3. The lowest BCUT2D eigenvalue weighted by molar-refractivity contribution is 0.289. The van der Waals surface area contributed by atoms with Crippen LogP contribution in [0.3, 0.4) is 0 Å². The molecule has 0 radical (unpaired) electrons. The minimum absolute atomic E-state index is 0.265. The molecule has 0 saturated heterocycles. The van der Waals surface area contributed by atoms with Crippen LogP contribution < -0.4 is 9.47 Å². The van der Waals surface area contributed by atoms with E-state index in [0.29, 0.717) is 41.1 Å². The van der Waals surface area contributed by atoms with Crippen molar-refractivity contribution in [2.75, 3.05) is 20.2 Å². The van der Waals surface area contributed by atoms with Crippen molar-refractivity contribution in [3.8, 4) is 23.3 Å². The molecule has 3 aromatic rings. The predicted molar refractivity (Wildman–Crippen MR) is 115 cm³/mol. The summed E-state index contributed by atoms with van der Waals surface area (Å²) in [6.45, 7) is 1.21. The van der Waals surface area contributed by atoms with Gasteiger partial charge in [0, 0.05) is 25.6 Å². The molecule has 31 heavy (non-hydrogen) atoms. The van der Waals surface area contributed by atoms with E-state index in [1.54, 1.807) is 49.5 Å². The highest BCUT2D eigenvalue weighted by Crippen LogP contribution is 2.33. The van der Waals surface area contributed by atoms with E-state index in [4.69, 9.17) is 25.8 Å². The third kappa shape index (κ3) is 4.64. The maximum Gasteiger partial charge on any atom is 0.263 e. The first kappa shape index (κ1) is 20.7. The lowest BCUT2D eigenvalue weighted by Crippen LogP contribution is -2.24. The topological polar surface area (TPSA) is 78.2 Å². The van der Waals surface area contributed by atoms with Gasteiger partial charge in [-0.1, -0.05) is 35.9 Å². The van der Waals surface area contributed by atoms with E-state index < -0.39 is 5.82 Å². The molecule has 0 aliphatic carbocycles. The van der Waals surface area contributed by atoms with Crippen molar-refractivity contribution in [3.63, 3.8) is 0 Å². The maximum absolute atomic E-state index is 15.0. The molecule has 2 aromatic carbocycles. The first-order valence-electron chi connectivity index (χ1n) is 9.52. The molecule has 4 rings (SSSR count). The lowest BCUT2D eigenvalue weighted by atomic mass is 10.1. The largest absolute Gasteiger partial charge is 0.476 e.